The second-order valence-electron chi connectivity index (χ2n) is 7.48. The first kappa shape index (κ1) is 28.2. The molecule has 2 N–H and O–H groups in total. The maximum Gasteiger partial charge on any atom is 0.240 e. The summed E-state index contributed by atoms with van der Waals surface area (Å²) in [6.45, 7) is 4.86. The van der Waals surface area contributed by atoms with E-state index in [9.17, 15) is 9.59 Å². The molecule has 10 heteroatoms. The van der Waals surface area contributed by atoms with Crippen molar-refractivity contribution in [2.45, 2.75) is 39.5 Å². The molecule has 2 aromatic carbocycles. The van der Waals surface area contributed by atoms with Crippen molar-refractivity contribution in [3.63, 3.8) is 0 Å². The summed E-state index contributed by atoms with van der Waals surface area (Å²) in [5, 5.41) is 7.94. The minimum Gasteiger partial charge on any atom is -0.493 e. The van der Waals surface area contributed by atoms with E-state index in [2.05, 4.69) is 21.1 Å². The van der Waals surface area contributed by atoms with Gasteiger partial charge in [-0.05, 0) is 74.2 Å². The number of carbonyl (C=O) groups is 2. The van der Waals surface area contributed by atoms with Crippen molar-refractivity contribution in [1.29, 1.82) is 0 Å². The van der Waals surface area contributed by atoms with Crippen LogP contribution in [-0.2, 0) is 9.59 Å². The van der Waals surface area contributed by atoms with Crippen molar-refractivity contribution in [1.82, 2.24) is 10.9 Å². The standard InChI is InChI=1S/C26H34N4O6/c1-5-35-21-13-11-19(15-23(21)33-3)17-27-29-25(31)9-7-8-10-26(32)30-28-18-20-12-14-22(36-6-2)24(16-20)34-4/h11-18H,5-10H2,1-4H3,(H,29,31)(H,30,32)/b27-17+,28-18+. The van der Waals surface area contributed by atoms with Crippen LogP contribution in [0.4, 0.5) is 0 Å². The summed E-state index contributed by atoms with van der Waals surface area (Å²) in [6, 6.07) is 10.8. The molecule has 0 fully saturated rings. The van der Waals surface area contributed by atoms with E-state index in [1.807, 2.05) is 26.0 Å². The molecule has 36 heavy (non-hydrogen) atoms. The van der Waals surface area contributed by atoms with Crippen molar-refractivity contribution in [3.8, 4) is 23.0 Å². The number of hydrazone groups is 2. The van der Waals surface area contributed by atoms with Crippen LogP contribution in [-0.4, -0.2) is 51.7 Å². The molecule has 0 aliphatic carbocycles. The summed E-state index contributed by atoms with van der Waals surface area (Å²) < 4.78 is 21.5. The van der Waals surface area contributed by atoms with Gasteiger partial charge in [0.05, 0.1) is 39.9 Å². The molecule has 0 unspecified atom stereocenters. The topological polar surface area (TPSA) is 120 Å². The molecular formula is C26H34N4O6. The third-order valence-corrected chi connectivity index (χ3v) is 4.84. The summed E-state index contributed by atoms with van der Waals surface area (Å²) in [5.74, 6) is 2.02. The van der Waals surface area contributed by atoms with Crippen LogP contribution in [0.5, 0.6) is 23.0 Å². The number of amides is 2. The highest BCUT2D eigenvalue weighted by atomic mass is 16.5. The molecule has 0 atom stereocenters. The predicted molar refractivity (Wildman–Crippen MR) is 138 cm³/mol. The number of ether oxygens (including phenoxy) is 4. The monoisotopic (exact) mass is 498 g/mol. The zero-order chi connectivity index (χ0) is 26.2. The van der Waals surface area contributed by atoms with Crippen molar-refractivity contribution in [3.05, 3.63) is 47.5 Å². The minimum absolute atomic E-state index is 0.230. The quantitative estimate of drug-likeness (QED) is 0.220. The Bertz CT molecular complexity index is 971. The van der Waals surface area contributed by atoms with Gasteiger partial charge in [-0.15, -0.1) is 0 Å². The summed E-state index contributed by atoms with van der Waals surface area (Å²) in [6.07, 6.45) is 4.67. The lowest BCUT2D eigenvalue weighted by Crippen LogP contribution is -2.19. The van der Waals surface area contributed by atoms with E-state index in [1.165, 1.54) is 12.4 Å². The van der Waals surface area contributed by atoms with Crippen molar-refractivity contribution in [2.75, 3.05) is 27.4 Å². The molecule has 2 rings (SSSR count). The molecule has 10 nitrogen and oxygen atoms in total. The fraction of sp³-hybridized carbons (Fsp3) is 0.385. The van der Waals surface area contributed by atoms with Crippen molar-refractivity contribution < 1.29 is 28.5 Å². The highest BCUT2D eigenvalue weighted by Crippen LogP contribution is 2.28. The number of rotatable bonds is 15. The molecule has 0 radical (unpaired) electrons. The van der Waals surface area contributed by atoms with Crippen LogP contribution < -0.4 is 29.8 Å². The highest BCUT2D eigenvalue weighted by molar-refractivity contribution is 5.84. The second kappa shape index (κ2) is 15.8. The number of nitrogens with zero attached hydrogens (tertiary/aromatic N) is 2. The molecule has 0 spiro atoms. The summed E-state index contributed by atoms with van der Waals surface area (Å²) in [7, 11) is 3.12. The molecule has 0 saturated carbocycles. The molecule has 0 heterocycles. The molecular weight excluding hydrogens is 464 g/mol. The van der Waals surface area contributed by atoms with Gasteiger partial charge in [-0.2, -0.15) is 10.2 Å². The van der Waals surface area contributed by atoms with Crippen LogP contribution in [0.25, 0.3) is 0 Å². The fourth-order valence-electron chi connectivity index (χ4n) is 3.12. The van der Waals surface area contributed by atoms with Crippen molar-refractivity contribution >= 4 is 24.2 Å². The molecule has 0 aliphatic rings. The van der Waals surface area contributed by atoms with E-state index in [0.29, 0.717) is 49.1 Å². The summed E-state index contributed by atoms with van der Waals surface area (Å²) >= 11 is 0. The molecule has 0 saturated heterocycles. The zero-order valence-corrected chi connectivity index (χ0v) is 21.2. The van der Waals surface area contributed by atoms with Crippen LogP contribution in [0.15, 0.2) is 46.6 Å². The Balaban J connectivity index is 1.67. The highest BCUT2D eigenvalue weighted by Gasteiger charge is 2.06. The lowest BCUT2D eigenvalue weighted by Gasteiger charge is -2.09. The number of hydrogen-bond acceptors (Lipinski definition) is 8. The van der Waals surface area contributed by atoms with Gasteiger partial charge in [0.1, 0.15) is 0 Å². The first-order valence-electron chi connectivity index (χ1n) is 11.8. The molecule has 0 aliphatic heterocycles. The number of carbonyl (C=O) groups excluding carboxylic acids is 2. The van der Waals surface area contributed by atoms with E-state index in [1.54, 1.807) is 38.5 Å². The van der Waals surface area contributed by atoms with Gasteiger partial charge in [0.25, 0.3) is 0 Å². The first-order chi connectivity index (χ1) is 17.5. The van der Waals surface area contributed by atoms with Gasteiger partial charge in [-0.25, -0.2) is 10.9 Å². The van der Waals surface area contributed by atoms with Crippen molar-refractivity contribution in [2.24, 2.45) is 10.2 Å². The Labute approximate surface area is 211 Å². The van der Waals surface area contributed by atoms with Gasteiger partial charge in [0, 0.05) is 12.8 Å². The predicted octanol–water partition coefficient (Wildman–Crippen LogP) is 3.66. The van der Waals surface area contributed by atoms with Gasteiger partial charge < -0.3 is 18.9 Å². The van der Waals surface area contributed by atoms with Gasteiger partial charge in [-0.3, -0.25) is 9.59 Å². The lowest BCUT2D eigenvalue weighted by atomic mass is 10.2. The molecule has 2 aromatic rings. The Morgan fingerprint density at radius 2 is 1.14 bits per heavy atom. The normalized spacial score (nSPS) is 10.9. The minimum atomic E-state index is -0.230. The van der Waals surface area contributed by atoms with Crippen LogP contribution in [0.1, 0.15) is 50.7 Å². The largest absolute Gasteiger partial charge is 0.493 e. The molecule has 0 aromatic heterocycles. The smallest absolute Gasteiger partial charge is 0.240 e. The maximum absolute atomic E-state index is 12.0. The van der Waals surface area contributed by atoms with Gasteiger partial charge >= 0.3 is 0 Å². The van der Waals surface area contributed by atoms with Crippen LogP contribution in [0.3, 0.4) is 0 Å². The second-order valence-corrected chi connectivity index (χ2v) is 7.48. The lowest BCUT2D eigenvalue weighted by molar-refractivity contribution is -0.123. The third-order valence-electron chi connectivity index (χ3n) is 4.84. The summed E-state index contributed by atoms with van der Waals surface area (Å²) in [5.41, 5.74) is 6.49. The van der Waals surface area contributed by atoms with E-state index >= 15 is 0 Å². The summed E-state index contributed by atoms with van der Waals surface area (Å²) in [4.78, 5) is 23.9. The zero-order valence-electron chi connectivity index (χ0n) is 21.2. The van der Waals surface area contributed by atoms with E-state index < -0.39 is 0 Å². The Morgan fingerprint density at radius 1 is 0.722 bits per heavy atom. The van der Waals surface area contributed by atoms with E-state index in [0.717, 1.165) is 11.1 Å². The molecule has 2 amide bonds. The Kier molecular flexibility index (Phi) is 12.3. The number of unbranched alkanes of at least 4 members (excludes halogenated alkanes) is 1. The first-order valence-corrected chi connectivity index (χ1v) is 11.8. The number of hydrogen-bond donors (Lipinski definition) is 2. The van der Waals surface area contributed by atoms with E-state index in [-0.39, 0.29) is 24.7 Å². The molecule has 194 valence electrons. The maximum atomic E-state index is 12.0. The van der Waals surface area contributed by atoms with Crippen LogP contribution >= 0.6 is 0 Å². The van der Waals surface area contributed by atoms with E-state index in [4.69, 9.17) is 18.9 Å². The number of nitrogens with one attached hydrogen (secondary N) is 2. The van der Waals surface area contributed by atoms with Crippen LogP contribution in [0, 0.1) is 0 Å². The molecule has 0 bridgehead atoms. The number of methoxy groups -OCH3 is 2. The Morgan fingerprint density at radius 3 is 1.50 bits per heavy atom. The fourth-order valence-corrected chi connectivity index (χ4v) is 3.12. The van der Waals surface area contributed by atoms with Crippen LogP contribution in [0.2, 0.25) is 0 Å². The SMILES string of the molecule is CCOc1ccc(/C=N/NC(=O)CCCCC(=O)N/N=C/c2ccc(OCC)c(OC)c2)cc1OC. The van der Waals surface area contributed by atoms with Gasteiger partial charge in [-0.1, -0.05) is 0 Å². The number of benzene rings is 2. The average Bonchev–Trinajstić information content (AvgIpc) is 2.88. The average molecular weight is 499 g/mol. The van der Waals surface area contributed by atoms with Gasteiger partial charge in [0.2, 0.25) is 11.8 Å². The third kappa shape index (κ3) is 9.65. The Hall–Kier alpha value is -4.08. The van der Waals surface area contributed by atoms with Gasteiger partial charge in [0.15, 0.2) is 23.0 Å².